The number of carbonyl (C=O) groups excluding carboxylic acids is 1. The van der Waals surface area contributed by atoms with Crippen LogP contribution in [0.2, 0.25) is 0 Å². The lowest BCUT2D eigenvalue weighted by atomic mass is 10.2. The molecule has 1 aliphatic heterocycles. The lowest BCUT2D eigenvalue weighted by Crippen LogP contribution is -2.45. The number of anilines is 1. The van der Waals surface area contributed by atoms with Crippen molar-refractivity contribution >= 4 is 11.6 Å². The van der Waals surface area contributed by atoms with Crippen LogP contribution in [-0.4, -0.2) is 54.4 Å². The average molecular weight is 279 g/mol. The number of nitrogens with zero attached hydrogens (tertiary/aromatic N) is 2. The van der Waals surface area contributed by atoms with E-state index in [0.29, 0.717) is 5.69 Å². The topological polar surface area (TPSA) is 74.7 Å². The minimum atomic E-state index is -0.268. The van der Waals surface area contributed by atoms with Crippen molar-refractivity contribution in [3.8, 4) is 0 Å². The van der Waals surface area contributed by atoms with Gasteiger partial charge in [0.15, 0.2) is 0 Å². The summed E-state index contributed by atoms with van der Waals surface area (Å²) in [6.07, 6.45) is 1.96. The molecule has 1 saturated heterocycles. The highest BCUT2D eigenvalue weighted by molar-refractivity contribution is 5.93. The highest BCUT2D eigenvalue weighted by Gasteiger charge is 2.23. The number of ether oxygens (including phenoxy) is 1. The molecule has 0 bridgehead atoms. The second kappa shape index (κ2) is 6.67. The van der Waals surface area contributed by atoms with Crippen molar-refractivity contribution in [3.63, 3.8) is 0 Å². The zero-order valence-electron chi connectivity index (χ0n) is 11.9. The number of rotatable bonds is 4. The summed E-state index contributed by atoms with van der Waals surface area (Å²) >= 11 is 0. The van der Waals surface area contributed by atoms with E-state index in [1.54, 1.807) is 12.3 Å². The number of carbonyl (C=O) groups is 1. The van der Waals surface area contributed by atoms with Crippen LogP contribution in [0.25, 0.3) is 0 Å². The largest absolute Gasteiger partial charge is 0.395 e. The molecule has 1 aliphatic rings. The molecular formula is C14H21N3O3. The normalized spacial score (nSPS) is 22.6. The molecule has 1 aromatic heterocycles. The fraction of sp³-hybridized carbons (Fsp3) is 0.571. The van der Waals surface area contributed by atoms with Gasteiger partial charge in [0.1, 0.15) is 5.69 Å². The molecule has 2 rings (SSSR count). The van der Waals surface area contributed by atoms with Gasteiger partial charge in [-0.25, -0.2) is 0 Å². The van der Waals surface area contributed by atoms with E-state index in [-0.39, 0.29) is 31.3 Å². The fourth-order valence-electron chi connectivity index (χ4n) is 2.39. The molecule has 0 unspecified atom stereocenters. The Morgan fingerprint density at radius 1 is 1.50 bits per heavy atom. The van der Waals surface area contributed by atoms with Crippen molar-refractivity contribution in [2.24, 2.45) is 0 Å². The average Bonchev–Trinajstić information content (AvgIpc) is 2.44. The third-order valence-electron chi connectivity index (χ3n) is 3.16. The summed E-state index contributed by atoms with van der Waals surface area (Å²) in [6, 6.07) is 3.67. The molecular weight excluding hydrogens is 258 g/mol. The van der Waals surface area contributed by atoms with E-state index in [2.05, 4.69) is 15.2 Å². The molecule has 2 atom stereocenters. The Kier molecular flexibility index (Phi) is 4.92. The van der Waals surface area contributed by atoms with E-state index in [1.165, 1.54) is 0 Å². The molecule has 1 aromatic rings. The number of hydrogen-bond acceptors (Lipinski definition) is 5. The molecule has 1 amide bonds. The van der Waals surface area contributed by atoms with Crippen molar-refractivity contribution in [1.29, 1.82) is 0 Å². The van der Waals surface area contributed by atoms with E-state index in [9.17, 15) is 4.79 Å². The minimum Gasteiger partial charge on any atom is -0.395 e. The summed E-state index contributed by atoms with van der Waals surface area (Å²) in [4.78, 5) is 18.1. The Bertz CT molecular complexity index is 457. The number of pyridine rings is 1. The Morgan fingerprint density at radius 2 is 2.20 bits per heavy atom. The van der Waals surface area contributed by atoms with E-state index >= 15 is 0 Å². The van der Waals surface area contributed by atoms with Gasteiger partial charge in [0.05, 0.1) is 18.8 Å². The van der Waals surface area contributed by atoms with Crippen LogP contribution in [0.1, 0.15) is 24.3 Å². The Morgan fingerprint density at radius 3 is 2.85 bits per heavy atom. The van der Waals surface area contributed by atoms with Crippen molar-refractivity contribution in [2.45, 2.75) is 26.1 Å². The van der Waals surface area contributed by atoms with E-state index in [4.69, 9.17) is 9.84 Å². The van der Waals surface area contributed by atoms with Gasteiger partial charge in [-0.2, -0.15) is 0 Å². The van der Waals surface area contributed by atoms with E-state index in [1.807, 2.05) is 19.9 Å². The standard InChI is InChI=1S/C14H21N3O3/c1-10-8-17(9-11(2)20-10)12-3-4-15-13(7-12)14(19)16-5-6-18/h3-4,7,10-11,18H,5-6,8-9H2,1-2H3,(H,16,19)/t10-,11+. The predicted octanol–water partition coefficient (Wildman–Crippen LogP) is 0.417. The third kappa shape index (κ3) is 3.68. The number of amides is 1. The van der Waals surface area contributed by atoms with Crippen molar-refractivity contribution < 1.29 is 14.6 Å². The SMILES string of the molecule is C[C@@H]1CN(c2ccnc(C(=O)NCCO)c2)C[C@H](C)O1. The molecule has 0 aliphatic carbocycles. The summed E-state index contributed by atoms with van der Waals surface area (Å²) in [7, 11) is 0. The van der Waals surface area contributed by atoms with Gasteiger partial charge in [-0.1, -0.05) is 0 Å². The van der Waals surface area contributed by atoms with Crippen LogP contribution in [0.3, 0.4) is 0 Å². The lowest BCUT2D eigenvalue weighted by molar-refractivity contribution is -0.00522. The monoisotopic (exact) mass is 279 g/mol. The predicted molar refractivity (Wildman–Crippen MR) is 75.9 cm³/mol. The first-order valence-electron chi connectivity index (χ1n) is 6.85. The number of hydrogen-bond donors (Lipinski definition) is 2. The Labute approximate surface area is 118 Å². The van der Waals surface area contributed by atoms with Crippen molar-refractivity contribution in [3.05, 3.63) is 24.0 Å². The smallest absolute Gasteiger partial charge is 0.270 e. The van der Waals surface area contributed by atoms with Crippen LogP contribution in [-0.2, 0) is 4.74 Å². The molecule has 20 heavy (non-hydrogen) atoms. The molecule has 0 radical (unpaired) electrons. The summed E-state index contributed by atoms with van der Waals surface area (Å²) < 4.78 is 5.70. The van der Waals surface area contributed by atoms with Gasteiger partial charge in [-0.3, -0.25) is 9.78 Å². The van der Waals surface area contributed by atoms with E-state index < -0.39 is 0 Å². The second-order valence-electron chi connectivity index (χ2n) is 5.04. The molecule has 0 aromatic carbocycles. The summed E-state index contributed by atoms with van der Waals surface area (Å²) in [5.41, 5.74) is 1.33. The second-order valence-corrected chi connectivity index (χ2v) is 5.04. The van der Waals surface area contributed by atoms with Crippen molar-refractivity contribution in [1.82, 2.24) is 10.3 Å². The Hall–Kier alpha value is -1.66. The van der Waals surface area contributed by atoms with Gasteiger partial charge in [0, 0.05) is 31.5 Å². The summed E-state index contributed by atoms with van der Waals surface area (Å²) in [6.45, 7) is 5.83. The fourth-order valence-corrected chi connectivity index (χ4v) is 2.39. The molecule has 0 saturated carbocycles. The maximum atomic E-state index is 11.8. The van der Waals surface area contributed by atoms with E-state index in [0.717, 1.165) is 18.8 Å². The van der Waals surface area contributed by atoms with Gasteiger partial charge in [-0.05, 0) is 26.0 Å². The van der Waals surface area contributed by atoms with Crippen LogP contribution in [0.15, 0.2) is 18.3 Å². The Balaban J connectivity index is 2.10. The first kappa shape index (κ1) is 14.7. The first-order chi connectivity index (χ1) is 9.60. The molecule has 6 nitrogen and oxygen atoms in total. The van der Waals surface area contributed by atoms with Gasteiger partial charge < -0.3 is 20.1 Å². The van der Waals surface area contributed by atoms with Gasteiger partial charge in [0.25, 0.3) is 5.91 Å². The first-order valence-corrected chi connectivity index (χ1v) is 6.85. The number of aliphatic hydroxyl groups excluding tert-OH is 1. The third-order valence-corrected chi connectivity index (χ3v) is 3.16. The number of morpholine rings is 1. The van der Waals surface area contributed by atoms with Gasteiger partial charge >= 0.3 is 0 Å². The quantitative estimate of drug-likeness (QED) is 0.835. The minimum absolute atomic E-state index is 0.0794. The summed E-state index contributed by atoms with van der Waals surface area (Å²) in [5, 5.41) is 11.3. The summed E-state index contributed by atoms with van der Waals surface area (Å²) in [5.74, 6) is -0.268. The number of nitrogens with one attached hydrogen (secondary N) is 1. The maximum absolute atomic E-state index is 11.8. The zero-order valence-corrected chi connectivity index (χ0v) is 11.9. The van der Waals surface area contributed by atoms with Gasteiger partial charge in [0.2, 0.25) is 0 Å². The van der Waals surface area contributed by atoms with Crippen LogP contribution in [0.5, 0.6) is 0 Å². The van der Waals surface area contributed by atoms with Crippen LogP contribution < -0.4 is 10.2 Å². The van der Waals surface area contributed by atoms with Gasteiger partial charge in [-0.15, -0.1) is 0 Å². The van der Waals surface area contributed by atoms with Crippen molar-refractivity contribution in [2.75, 3.05) is 31.1 Å². The van der Waals surface area contributed by atoms with Crippen LogP contribution in [0.4, 0.5) is 5.69 Å². The van der Waals surface area contributed by atoms with Crippen LogP contribution >= 0.6 is 0 Å². The molecule has 2 heterocycles. The zero-order chi connectivity index (χ0) is 14.5. The highest BCUT2D eigenvalue weighted by atomic mass is 16.5. The lowest BCUT2D eigenvalue weighted by Gasteiger charge is -2.36. The molecule has 0 spiro atoms. The molecule has 6 heteroatoms. The van der Waals surface area contributed by atoms with Crippen LogP contribution in [0, 0.1) is 0 Å². The number of aliphatic hydroxyl groups is 1. The molecule has 110 valence electrons. The highest BCUT2D eigenvalue weighted by Crippen LogP contribution is 2.20. The number of aromatic nitrogens is 1. The molecule has 1 fully saturated rings. The molecule has 2 N–H and O–H groups in total. The maximum Gasteiger partial charge on any atom is 0.270 e.